The third-order valence-electron chi connectivity index (χ3n) is 4.26. The van der Waals surface area contributed by atoms with Gasteiger partial charge in [0.2, 0.25) is 5.89 Å². The molecule has 1 saturated heterocycles. The molecule has 1 aromatic heterocycles. The van der Waals surface area contributed by atoms with Crippen molar-refractivity contribution in [2.45, 2.75) is 30.8 Å². The zero-order chi connectivity index (χ0) is 13.5. The molecule has 0 radical (unpaired) electrons. The van der Waals surface area contributed by atoms with Crippen LogP contribution in [0, 0.1) is 0 Å². The van der Waals surface area contributed by atoms with Gasteiger partial charge in [0.05, 0.1) is 24.5 Å². The van der Waals surface area contributed by atoms with Crippen LogP contribution in [-0.2, 0) is 11.2 Å². The van der Waals surface area contributed by atoms with Gasteiger partial charge in [0.15, 0.2) is 5.82 Å². The average Bonchev–Trinajstić information content (AvgIpc) is 2.90. The number of nitrogens with zero attached hydrogens (tertiary/aromatic N) is 2. The molecule has 2 aliphatic rings. The number of aliphatic hydroxyl groups is 1. The Morgan fingerprint density at radius 1 is 1.25 bits per heavy atom. The SMILES string of the molecule is OC1CCOCC1c1nc(C2Cc3ccccc32)no1. The molecule has 104 valence electrons. The first-order valence-electron chi connectivity index (χ1n) is 7.00. The highest BCUT2D eigenvalue weighted by molar-refractivity contribution is 5.43. The molecule has 20 heavy (non-hydrogen) atoms. The van der Waals surface area contributed by atoms with Crippen molar-refractivity contribution < 1.29 is 14.4 Å². The molecular weight excluding hydrogens is 256 g/mol. The Balaban J connectivity index is 1.57. The number of hydrogen-bond donors (Lipinski definition) is 1. The van der Waals surface area contributed by atoms with Crippen LogP contribution in [0.15, 0.2) is 28.8 Å². The van der Waals surface area contributed by atoms with E-state index < -0.39 is 6.10 Å². The summed E-state index contributed by atoms with van der Waals surface area (Å²) in [5.41, 5.74) is 2.63. The second-order valence-corrected chi connectivity index (χ2v) is 5.48. The van der Waals surface area contributed by atoms with Gasteiger partial charge in [-0.25, -0.2) is 0 Å². The van der Waals surface area contributed by atoms with Gasteiger partial charge in [-0.15, -0.1) is 0 Å². The summed E-state index contributed by atoms with van der Waals surface area (Å²) in [5.74, 6) is 1.25. The van der Waals surface area contributed by atoms with Crippen molar-refractivity contribution >= 4 is 0 Å². The molecule has 4 rings (SSSR count). The number of rotatable bonds is 2. The summed E-state index contributed by atoms with van der Waals surface area (Å²) in [7, 11) is 0. The van der Waals surface area contributed by atoms with Gasteiger partial charge in [-0.2, -0.15) is 4.98 Å². The van der Waals surface area contributed by atoms with Crippen LogP contribution in [0.1, 0.15) is 41.1 Å². The Hall–Kier alpha value is -1.72. The first-order chi connectivity index (χ1) is 9.83. The highest BCUT2D eigenvalue weighted by Gasteiger charge is 2.34. The minimum atomic E-state index is -0.453. The lowest BCUT2D eigenvalue weighted by Crippen LogP contribution is -2.30. The van der Waals surface area contributed by atoms with E-state index in [0.29, 0.717) is 25.5 Å². The lowest BCUT2D eigenvalue weighted by Gasteiger charge is -2.27. The minimum absolute atomic E-state index is 0.194. The van der Waals surface area contributed by atoms with Gasteiger partial charge in [0.25, 0.3) is 0 Å². The van der Waals surface area contributed by atoms with Crippen LogP contribution in [0.5, 0.6) is 0 Å². The molecule has 0 saturated carbocycles. The molecule has 0 amide bonds. The summed E-state index contributed by atoms with van der Waals surface area (Å²) < 4.78 is 10.7. The molecule has 3 unspecified atom stereocenters. The molecule has 2 aromatic rings. The van der Waals surface area contributed by atoms with E-state index in [1.54, 1.807) is 0 Å². The second kappa shape index (κ2) is 4.68. The highest BCUT2D eigenvalue weighted by Crippen LogP contribution is 2.39. The van der Waals surface area contributed by atoms with E-state index in [4.69, 9.17) is 9.26 Å². The van der Waals surface area contributed by atoms with Crippen LogP contribution in [-0.4, -0.2) is 34.6 Å². The number of benzene rings is 1. The molecule has 0 spiro atoms. The topological polar surface area (TPSA) is 68.4 Å². The van der Waals surface area contributed by atoms with Crippen molar-refractivity contribution in [3.8, 4) is 0 Å². The van der Waals surface area contributed by atoms with Gasteiger partial charge < -0.3 is 14.4 Å². The number of aromatic nitrogens is 2. The zero-order valence-corrected chi connectivity index (χ0v) is 11.0. The van der Waals surface area contributed by atoms with Crippen LogP contribution >= 0.6 is 0 Å². The summed E-state index contributed by atoms with van der Waals surface area (Å²) in [5, 5.41) is 14.1. The summed E-state index contributed by atoms with van der Waals surface area (Å²) in [6, 6.07) is 8.32. The summed E-state index contributed by atoms with van der Waals surface area (Å²) in [6.45, 7) is 1.04. The Morgan fingerprint density at radius 3 is 3.00 bits per heavy atom. The summed E-state index contributed by atoms with van der Waals surface area (Å²) in [4.78, 5) is 4.49. The Kier molecular flexibility index (Phi) is 2.82. The van der Waals surface area contributed by atoms with E-state index in [1.807, 2.05) is 12.1 Å². The fraction of sp³-hybridized carbons (Fsp3) is 0.467. The predicted molar refractivity (Wildman–Crippen MR) is 70.5 cm³/mol. The molecule has 1 aliphatic carbocycles. The van der Waals surface area contributed by atoms with Crippen molar-refractivity contribution in [2.24, 2.45) is 0 Å². The molecule has 5 nitrogen and oxygen atoms in total. The quantitative estimate of drug-likeness (QED) is 0.899. The van der Waals surface area contributed by atoms with Gasteiger partial charge in [-0.1, -0.05) is 29.4 Å². The molecule has 0 bridgehead atoms. The number of aliphatic hydroxyl groups excluding tert-OH is 1. The number of fused-ring (bicyclic) bond motifs is 1. The van der Waals surface area contributed by atoms with E-state index in [-0.39, 0.29) is 11.8 Å². The minimum Gasteiger partial charge on any atom is -0.392 e. The molecular formula is C15H16N2O3. The Morgan fingerprint density at radius 2 is 2.15 bits per heavy atom. The van der Waals surface area contributed by atoms with Gasteiger partial charge in [-0.05, 0) is 24.0 Å². The third-order valence-corrected chi connectivity index (χ3v) is 4.26. The smallest absolute Gasteiger partial charge is 0.234 e. The van der Waals surface area contributed by atoms with Crippen LogP contribution in [0.2, 0.25) is 0 Å². The van der Waals surface area contributed by atoms with E-state index in [2.05, 4.69) is 22.3 Å². The summed E-state index contributed by atoms with van der Waals surface area (Å²) >= 11 is 0. The van der Waals surface area contributed by atoms with Crippen molar-refractivity contribution in [3.63, 3.8) is 0 Å². The molecule has 1 aromatic carbocycles. The van der Waals surface area contributed by atoms with Crippen LogP contribution in [0.4, 0.5) is 0 Å². The van der Waals surface area contributed by atoms with Gasteiger partial charge in [0.1, 0.15) is 0 Å². The monoisotopic (exact) mass is 272 g/mol. The van der Waals surface area contributed by atoms with Crippen molar-refractivity contribution in [1.82, 2.24) is 10.1 Å². The third kappa shape index (κ3) is 1.85. The van der Waals surface area contributed by atoms with Crippen LogP contribution in [0.25, 0.3) is 0 Å². The van der Waals surface area contributed by atoms with E-state index >= 15 is 0 Å². The zero-order valence-electron chi connectivity index (χ0n) is 11.0. The Labute approximate surface area is 116 Å². The molecule has 1 aliphatic heterocycles. The normalized spacial score (nSPS) is 28.8. The van der Waals surface area contributed by atoms with Crippen LogP contribution < -0.4 is 0 Å². The predicted octanol–water partition coefficient (Wildman–Crippen LogP) is 1.62. The molecule has 5 heteroatoms. The van der Waals surface area contributed by atoms with Gasteiger partial charge >= 0.3 is 0 Å². The lowest BCUT2D eigenvalue weighted by atomic mass is 9.77. The lowest BCUT2D eigenvalue weighted by molar-refractivity contribution is -0.0149. The van der Waals surface area contributed by atoms with Crippen molar-refractivity contribution in [3.05, 3.63) is 47.1 Å². The maximum Gasteiger partial charge on any atom is 0.234 e. The largest absolute Gasteiger partial charge is 0.392 e. The molecule has 3 atom stereocenters. The molecule has 1 fully saturated rings. The first-order valence-corrected chi connectivity index (χ1v) is 7.00. The van der Waals surface area contributed by atoms with E-state index in [9.17, 15) is 5.11 Å². The highest BCUT2D eigenvalue weighted by atomic mass is 16.5. The second-order valence-electron chi connectivity index (χ2n) is 5.48. The van der Waals surface area contributed by atoms with Gasteiger partial charge in [-0.3, -0.25) is 0 Å². The summed E-state index contributed by atoms with van der Waals surface area (Å²) in [6.07, 6.45) is 1.12. The maximum atomic E-state index is 9.99. The number of ether oxygens (including phenoxy) is 1. The van der Waals surface area contributed by atoms with E-state index in [1.165, 1.54) is 11.1 Å². The molecule has 1 N–H and O–H groups in total. The fourth-order valence-corrected chi connectivity index (χ4v) is 2.99. The van der Waals surface area contributed by atoms with Crippen molar-refractivity contribution in [2.75, 3.05) is 13.2 Å². The first kappa shape index (κ1) is 12.1. The average molecular weight is 272 g/mol. The van der Waals surface area contributed by atoms with Gasteiger partial charge in [0, 0.05) is 6.61 Å². The molecule has 2 heterocycles. The standard InChI is InChI=1S/C15H16N2O3/c18-13-5-6-19-8-12(13)15-16-14(17-20-15)11-7-9-3-1-2-4-10(9)11/h1-4,11-13,18H,5-8H2. The van der Waals surface area contributed by atoms with Crippen LogP contribution in [0.3, 0.4) is 0 Å². The maximum absolute atomic E-state index is 9.99. The fourth-order valence-electron chi connectivity index (χ4n) is 2.99. The van der Waals surface area contributed by atoms with E-state index in [0.717, 1.165) is 12.2 Å². The Bertz CT molecular complexity index is 625. The van der Waals surface area contributed by atoms with Crippen molar-refractivity contribution in [1.29, 1.82) is 0 Å². The number of hydrogen-bond acceptors (Lipinski definition) is 5.